The van der Waals surface area contributed by atoms with E-state index in [0.29, 0.717) is 18.7 Å². The molecule has 2 N–H and O–H groups in total. The standard InChI is InChI=1S/C18H19N5O2/c1-13-2-4-14(5-3-13)16-6-7-18(25)23(22-16)11-17(24)20-9-8-15-10-19-12-21-15/h2-7,10,12H,8-9,11H2,1H3,(H,19,21)(H,20,24). The van der Waals surface area contributed by atoms with Crippen molar-refractivity contribution in [1.82, 2.24) is 25.1 Å². The van der Waals surface area contributed by atoms with Gasteiger partial charge in [0.2, 0.25) is 5.91 Å². The van der Waals surface area contributed by atoms with E-state index in [1.807, 2.05) is 31.2 Å². The number of aromatic nitrogens is 4. The van der Waals surface area contributed by atoms with Crippen molar-refractivity contribution in [2.75, 3.05) is 6.54 Å². The van der Waals surface area contributed by atoms with E-state index in [-0.39, 0.29) is 18.0 Å². The zero-order chi connectivity index (χ0) is 17.6. The highest BCUT2D eigenvalue weighted by Crippen LogP contribution is 2.15. The van der Waals surface area contributed by atoms with Crippen LogP contribution in [0, 0.1) is 6.92 Å². The largest absolute Gasteiger partial charge is 0.354 e. The molecular weight excluding hydrogens is 318 g/mol. The number of hydrogen-bond acceptors (Lipinski definition) is 4. The highest BCUT2D eigenvalue weighted by Gasteiger charge is 2.08. The molecule has 0 fully saturated rings. The Morgan fingerprint density at radius 2 is 2.00 bits per heavy atom. The molecule has 0 atom stereocenters. The summed E-state index contributed by atoms with van der Waals surface area (Å²) < 4.78 is 1.18. The fourth-order valence-electron chi connectivity index (χ4n) is 2.39. The van der Waals surface area contributed by atoms with Gasteiger partial charge < -0.3 is 10.3 Å². The Labute approximate surface area is 144 Å². The Kier molecular flexibility index (Phi) is 5.03. The van der Waals surface area contributed by atoms with Gasteiger partial charge in [0.15, 0.2) is 0 Å². The number of carbonyl (C=O) groups excluding carboxylic acids is 1. The highest BCUT2D eigenvalue weighted by molar-refractivity contribution is 5.75. The number of aryl methyl sites for hydroxylation is 1. The van der Waals surface area contributed by atoms with Gasteiger partial charge in [0.25, 0.3) is 5.56 Å². The number of nitrogens with zero attached hydrogens (tertiary/aromatic N) is 3. The Morgan fingerprint density at radius 3 is 2.72 bits per heavy atom. The zero-order valence-corrected chi connectivity index (χ0v) is 13.9. The number of aromatic amines is 1. The van der Waals surface area contributed by atoms with E-state index in [4.69, 9.17) is 0 Å². The highest BCUT2D eigenvalue weighted by atomic mass is 16.2. The van der Waals surface area contributed by atoms with Crippen LogP contribution >= 0.6 is 0 Å². The summed E-state index contributed by atoms with van der Waals surface area (Å²) in [5.41, 5.74) is 3.34. The van der Waals surface area contributed by atoms with Crippen molar-refractivity contribution in [3.05, 3.63) is 70.5 Å². The number of rotatable bonds is 6. The quantitative estimate of drug-likeness (QED) is 0.709. The number of hydrogen-bond donors (Lipinski definition) is 2. The van der Waals surface area contributed by atoms with Crippen molar-refractivity contribution >= 4 is 5.91 Å². The molecule has 1 aromatic carbocycles. The van der Waals surface area contributed by atoms with E-state index in [2.05, 4.69) is 20.4 Å². The molecule has 0 aliphatic rings. The molecule has 2 aromatic heterocycles. The number of H-pyrrole nitrogens is 1. The average Bonchev–Trinajstić information content (AvgIpc) is 3.11. The molecule has 0 saturated carbocycles. The molecule has 3 aromatic rings. The second-order valence-electron chi connectivity index (χ2n) is 5.76. The maximum Gasteiger partial charge on any atom is 0.267 e. The van der Waals surface area contributed by atoms with Crippen LogP contribution in [0.1, 0.15) is 11.3 Å². The molecule has 0 spiro atoms. The second kappa shape index (κ2) is 7.57. The van der Waals surface area contributed by atoms with E-state index in [0.717, 1.165) is 16.8 Å². The molecule has 0 aliphatic heterocycles. The molecule has 0 radical (unpaired) electrons. The lowest BCUT2D eigenvalue weighted by molar-refractivity contribution is -0.121. The normalized spacial score (nSPS) is 10.6. The third-order valence-corrected chi connectivity index (χ3v) is 3.78. The van der Waals surface area contributed by atoms with Crippen LogP contribution in [0.2, 0.25) is 0 Å². The van der Waals surface area contributed by atoms with E-state index in [9.17, 15) is 9.59 Å². The van der Waals surface area contributed by atoms with Crippen molar-refractivity contribution < 1.29 is 4.79 Å². The van der Waals surface area contributed by atoms with Gasteiger partial charge in [-0.1, -0.05) is 29.8 Å². The first-order valence-corrected chi connectivity index (χ1v) is 8.01. The van der Waals surface area contributed by atoms with Crippen molar-refractivity contribution in [2.45, 2.75) is 19.9 Å². The molecule has 2 heterocycles. The minimum atomic E-state index is -0.306. The summed E-state index contributed by atoms with van der Waals surface area (Å²) in [5.74, 6) is -0.254. The number of imidazole rings is 1. The molecule has 0 aliphatic carbocycles. The minimum absolute atomic E-state index is 0.110. The number of benzene rings is 1. The van der Waals surface area contributed by atoms with Crippen molar-refractivity contribution in [3.63, 3.8) is 0 Å². The molecule has 0 saturated heterocycles. The van der Waals surface area contributed by atoms with Gasteiger partial charge in [0.1, 0.15) is 6.54 Å². The predicted molar refractivity (Wildman–Crippen MR) is 94.0 cm³/mol. The van der Waals surface area contributed by atoms with Crippen molar-refractivity contribution in [2.24, 2.45) is 0 Å². The van der Waals surface area contributed by atoms with Crippen molar-refractivity contribution in [3.8, 4) is 11.3 Å². The number of nitrogens with one attached hydrogen (secondary N) is 2. The summed E-state index contributed by atoms with van der Waals surface area (Å²) >= 11 is 0. The van der Waals surface area contributed by atoms with Gasteiger partial charge in [-0.15, -0.1) is 0 Å². The van der Waals surface area contributed by atoms with Crippen LogP contribution < -0.4 is 10.9 Å². The van der Waals surface area contributed by atoms with E-state index in [1.165, 1.54) is 10.7 Å². The summed E-state index contributed by atoms with van der Waals surface area (Å²) in [6.45, 7) is 2.36. The summed E-state index contributed by atoms with van der Waals surface area (Å²) in [4.78, 5) is 30.9. The second-order valence-corrected chi connectivity index (χ2v) is 5.76. The topological polar surface area (TPSA) is 92.7 Å². The molecule has 3 rings (SSSR count). The van der Waals surface area contributed by atoms with Crippen LogP contribution in [-0.2, 0) is 17.8 Å². The summed E-state index contributed by atoms with van der Waals surface area (Å²) in [7, 11) is 0. The molecular formula is C18H19N5O2. The maximum absolute atomic E-state index is 12.0. The summed E-state index contributed by atoms with van der Waals surface area (Å²) in [6.07, 6.45) is 3.96. The minimum Gasteiger partial charge on any atom is -0.354 e. The molecule has 0 bridgehead atoms. The average molecular weight is 337 g/mol. The lowest BCUT2D eigenvalue weighted by atomic mass is 10.1. The molecule has 1 amide bonds. The fourth-order valence-corrected chi connectivity index (χ4v) is 2.39. The van der Waals surface area contributed by atoms with Crippen LogP contribution in [0.5, 0.6) is 0 Å². The first-order chi connectivity index (χ1) is 12.1. The summed E-state index contributed by atoms with van der Waals surface area (Å²) in [5, 5.41) is 7.07. The molecule has 25 heavy (non-hydrogen) atoms. The maximum atomic E-state index is 12.0. The van der Waals surface area contributed by atoms with Gasteiger partial charge in [0, 0.05) is 36.5 Å². The predicted octanol–water partition coefficient (Wildman–Crippen LogP) is 1.30. The van der Waals surface area contributed by atoms with Gasteiger partial charge in [-0.2, -0.15) is 5.10 Å². The SMILES string of the molecule is Cc1ccc(-c2ccc(=O)n(CC(=O)NCCc3cnc[nH]3)n2)cc1. The molecule has 7 heteroatoms. The Balaban J connectivity index is 1.65. The van der Waals surface area contributed by atoms with Crippen LogP contribution in [0.15, 0.2) is 53.7 Å². The molecule has 7 nitrogen and oxygen atoms in total. The Morgan fingerprint density at radius 1 is 1.20 bits per heavy atom. The lowest BCUT2D eigenvalue weighted by Crippen LogP contribution is -2.34. The van der Waals surface area contributed by atoms with Crippen LogP contribution in [0.25, 0.3) is 11.3 Å². The van der Waals surface area contributed by atoms with E-state index in [1.54, 1.807) is 18.6 Å². The molecule has 0 unspecified atom stereocenters. The van der Waals surface area contributed by atoms with Gasteiger partial charge >= 0.3 is 0 Å². The van der Waals surface area contributed by atoms with E-state index < -0.39 is 0 Å². The fraction of sp³-hybridized carbons (Fsp3) is 0.222. The first-order valence-electron chi connectivity index (χ1n) is 8.01. The zero-order valence-electron chi connectivity index (χ0n) is 13.9. The number of carbonyl (C=O) groups is 1. The smallest absolute Gasteiger partial charge is 0.267 e. The third kappa shape index (κ3) is 4.41. The van der Waals surface area contributed by atoms with Crippen molar-refractivity contribution in [1.29, 1.82) is 0 Å². The van der Waals surface area contributed by atoms with Gasteiger partial charge in [-0.3, -0.25) is 9.59 Å². The Bertz CT molecular complexity index is 898. The Hall–Kier alpha value is -3.22. The number of amides is 1. The first kappa shape index (κ1) is 16.6. The monoisotopic (exact) mass is 337 g/mol. The van der Waals surface area contributed by atoms with Gasteiger partial charge in [-0.05, 0) is 13.0 Å². The lowest BCUT2D eigenvalue weighted by Gasteiger charge is -2.08. The van der Waals surface area contributed by atoms with Crippen LogP contribution in [0.4, 0.5) is 0 Å². The van der Waals surface area contributed by atoms with Gasteiger partial charge in [0.05, 0.1) is 12.0 Å². The summed E-state index contributed by atoms with van der Waals surface area (Å²) in [6, 6.07) is 10.9. The van der Waals surface area contributed by atoms with Crippen LogP contribution in [0.3, 0.4) is 0 Å². The van der Waals surface area contributed by atoms with E-state index >= 15 is 0 Å². The third-order valence-electron chi connectivity index (χ3n) is 3.78. The van der Waals surface area contributed by atoms with Gasteiger partial charge in [-0.25, -0.2) is 9.67 Å². The van der Waals surface area contributed by atoms with Crippen LogP contribution in [-0.4, -0.2) is 32.2 Å². The molecule has 128 valence electrons.